The van der Waals surface area contributed by atoms with Gasteiger partial charge in [-0.05, 0) is 0 Å². The second kappa shape index (κ2) is 5.76. The monoisotopic (exact) mass is 266 g/mol. The Kier molecular flexibility index (Phi) is 4.51. The van der Waals surface area contributed by atoms with E-state index in [1.54, 1.807) is 0 Å². The van der Waals surface area contributed by atoms with Crippen LogP contribution in [0.4, 0.5) is 0 Å². The number of ether oxygens (including phenoxy) is 3. The fourth-order valence-electron chi connectivity index (χ4n) is 1.94. The SMILES string of the molecule is OC1COCC(OC2OCC(O)C(O)C2O)C1O. The molecule has 2 rings (SSSR count). The summed E-state index contributed by atoms with van der Waals surface area (Å²) >= 11 is 0. The van der Waals surface area contributed by atoms with Crippen molar-refractivity contribution in [3.05, 3.63) is 0 Å². The van der Waals surface area contributed by atoms with Gasteiger partial charge < -0.3 is 39.7 Å². The molecule has 0 aromatic rings. The molecule has 7 unspecified atom stereocenters. The minimum absolute atomic E-state index is 0.0104. The zero-order valence-electron chi connectivity index (χ0n) is 9.62. The van der Waals surface area contributed by atoms with Gasteiger partial charge in [-0.1, -0.05) is 0 Å². The summed E-state index contributed by atoms with van der Waals surface area (Å²) in [6.45, 7) is -0.130. The van der Waals surface area contributed by atoms with Gasteiger partial charge in [-0.25, -0.2) is 0 Å². The van der Waals surface area contributed by atoms with E-state index in [4.69, 9.17) is 14.2 Å². The first-order valence-electron chi connectivity index (χ1n) is 5.76. The standard InChI is InChI=1S/C10H18O8/c11-4-1-16-3-6(7(4)13)18-10-9(15)8(14)5(12)2-17-10/h4-15H,1-3H2. The Morgan fingerprint density at radius 2 is 1.44 bits per heavy atom. The largest absolute Gasteiger partial charge is 0.388 e. The van der Waals surface area contributed by atoms with Crippen molar-refractivity contribution in [1.29, 1.82) is 0 Å². The summed E-state index contributed by atoms with van der Waals surface area (Å²) in [6.07, 6.45) is -8.26. The van der Waals surface area contributed by atoms with Crippen molar-refractivity contribution < 1.29 is 39.7 Å². The topological polar surface area (TPSA) is 129 Å². The number of aliphatic hydroxyl groups excluding tert-OH is 5. The van der Waals surface area contributed by atoms with Gasteiger partial charge in [0, 0.05) is 0 Å². The van der Waals surface area contributed by atoms with Gasteiger partial charge in [0.1, 0.15) is 36.6 Å². The van der Waals surface area contributed by atoms with Crippen molar-refractivity contribution in [3.63, 3.8) is 0 Å². The second-order valence-corrected chi connectivity index (χ2v) is 4.52. The van der Waals surface area contributed by atoms with Gasteiger partial charge in [-0.15, -0.1) is 0 Å². The van der Waals surface area contributed by atoms with Gasteiger partial charge in [-0.3, -0.25) is 0 Å². The van der Waals surface area contributed by atoms with Crippen LogP contribution in [0.25, 0.3) is 0 Å². The van der Waals surface area contributed by atoms with E-state index in [-0.39, 0.29) is 19.8 Å². The van der Waals surface area contributed by atoms with Crippen LogP contribution in [0.3, 0.4) is 0 Å². The molecule has 2 aliphatic rings. The molecule has 0 saturated carbocycles. The lowest BCUT2D eigenvalue weighted by Gasteiger charge is -2.39. The van der Waals surface area contributed by atoms with Crippen molar-refractivity contribution in [2.75, 3.05) is 19.8 Å². The summed E-state index contributed by atoms with van der Waals surface area (Å²) < 4.78 is 15.3. The average Bonchev–Trinajstić information content (AvgIpc) is 2.35. The number of hydrogen-bond acceptors (Lipinski definition) is 8. The first-order chi connectivity index (χ1) is 8.50. The lowest BCUT2D eigenvalue weighted by atomic mass is 10.0. The van der Waals surface area contributed by atoms with Gasteiger partial charge in [0.2, 0.25) is 0 Å². The van der Waals surface area contributed by atoms with Crippen LogP contribution in [0.2, 0.25) is 0 Å². The molecule has 8 nitrogen and oxygen atoms in total. The molecule has 0 bridgehead atoms. The number of hydrogen-bond donors (Lipinski definition) is 5. The van der Waals surface area contributed by atoms with Crippen LogP contribution < -0.4 is 0 Å². The van der Waals surface area contributed by atoms with E-state index in [1.165, 1.54) is 0 Å². The van der Waals surface area contributed by atoms with E-state index in [0.29, 0.717) is 0 Å². The maximum atomic E-state index is 9.67. The molecule has 0 aromatic heterocycles. The molecule has 7 atom stereocenters. The molecule has 8 heteroatoms. The third kappa shape index (κ3) is 2.81. The normalized spacial score (nSPS) is 50.2. The van der Waals surface area contributed by atoms with Gasteiger partial charge in [0.05, 0.1) is 19.8 Å². The summed E-state index contributed by atoms with van der Waals surface area (Å²) in [7, 11) is 0. The lowest BCUT2D eigenvalue weighted by molar-refractivity contribution is -0.304. The number of aliphatic hydroxyl groups is 5. The van der Waals surface area contributed by atoms with Crippen molar-refractivity contribution >= 4 is 0 Å². The zero-order chi connectivity index (χ0) is 13.3. The van der Waals surface area contributed by atoms with Crippen LogP contribution in [0, 0.1) is 0 Å². The van der Waals surface area contributed by atoms with Crippen LogP contribution in [0.15, 0.2) is 0 Å². The van der Waals surface area contributed by atoms with Crippen LogP contribution in [0.1, 0.15) is 0 Å². The fourth-order valence-corrected chi connectivity index (χ4v) is 1.94. The van der Waals surface area contributed by atoms with Crippen molar-refractivity contribution in [1.82, 2.24) is 0 Å². The van der Waals surface area contributed by atoms with Gasteiger partial charge in [-0.2, -0.15) is 0 Å². The van der Waals surface area contributed by atoms with Gasteiger partial charge in [0.15, 0.2) is 6.29 Å². The highest BCUT2D eigenvalue weighted by molar-refractivity contribution is 4.86. The molecule has 0 aromatic carbocycles. The Labute approximate surface area is 103 Å². The minimum Gasteiger partial charge on any atom is -0.388 e. The molecule has 2 saturated heterocycles. The first kappa shape index (κ1) is 14.1. The molecular formula is C10H18O8. The molecule has 0 radical (unpaired) electrons. The van der Waals surface area contributed by atoms with Gasteiger partial charge >= 0.3 is 0 Å². The highest BCUT2D eigenvalue weighted by Crippen LogP contribution is 2.21. The molecule has 0 amide bonds. The third-order valence-electron chi connectivity index (χ3n) is 3.11. The Bertz CT molecular complexity index is 275. The Balaban J connectivity index is 1.92. The van der Waals surface area contributed by atoms with Crippen LogP contribution in [-0.2, 0) is 14.2 Å². The molecule has 5 N–H and O–H groups in total. The number of rotatable bonds is 2. The summed E-state index contributed by atoms with van der Waals surface area (Å²) in [4.78, 5) is 0. The molecule has 0 aliphatic carbocycles. The molecule has 2 heterocycles. The zero-order valence-corrected chi connectivity index (χ0v) is 9.62. The van der Waals surface area contributed by atoms with Crippen molar-refractivity contribution in [3.8, 4) is 0 Å². The molecule has 2 aliphatic heterocycles. The van der Waals surface area contributed by atoms with Crippen LogP contribution in [-0.4, -0.2) is 88.3 Å². The third-order valence-corrected chi connectivity index (χ3v) is 3.11. The molecular weight excluding hydrogens is 248 g/mol. The Hall–Kier alpha value is -0.320. The summed E-state index contributed by atoms with van der Waals surface area (Å²) in [5.74, 6) is 0. The lowest BCUT2D eigenvalue weighted by Crippen LogP contribution is -2.57. The van der Waals surface area contributed by atoms with Gasteiger partial charge in [0.25, 0.3) is 0 Å². The quantitative estimate of drug-likeness (QED) is 0.349. The summed E-state index contributed by atoms with van der Waals surface area (Å²) in [6, 6.07) is 0. The fraction of sp³-hybridized carbons (Fsp3) is 1.00. The van der Waals surface area contributed by atoms with E-state index in [0.717, 1.165) is 0 Å². The first-order valence-corrected chi connectivity index (χ1v) is 5.76. The summed E-state index contributed by atoms with van der Waals surface area (Å²) in [5, 5.41) is 47.4. The smallest absolute Gasteiger partial charge is 0.186 e. The predicted octanol–water partition coefficient (Wildman–Crippen LogP) is -3.44. The Morgan fingerprint density at radius 3 is 2.17 bits per heavy atom. The van der Waals surface area contributed by atoms with E-state index in [1.807, 2.05) is 0 Å². The Morgan fingerprint density at radius 1 is 0.778 bits per heavy atom. The molecule has 0 spiro atoms. The molecule has 2 fully saturated rings. The maximum Gasteiger partial charge on any atom is 0.186 e. The van der Waals surface area contributed by atoms with Crippen molar-refractivity contribution in [2.45, 2.75) is 42.9 Å². The average molecular weight is 266 g/mol. The van der Waals surface area contributed by atoms with Crippen LogP contribution >= 0.6 is 0 Å². The van der Waals surface area contributed by atoms with E-state index in [2.05, 4.69) is 0 Å². The predicted molar refractivity (Wildman–Crippen MR) is 55.5 cm³/mol. The van der Waals surface area contributed by atoms with Crippen molar-refractivity contribution in [2.24, 2.45) is 0 Å². The molecule has 106 valence electrons. The minimum atomic E-state index is -1.43. The summed E-state index contributed by atoms with van der Waals surface area (Å²) in [5.41, 5.74) is 0. The highest BCUT2D eigenvalue weighted by atomic mass is 16.7. The highest BCUT2D eigenvalue weighted by Gasteiger charge is 2.42. The van der Waals surface area contributed by atoms with Crippen LogP contribution in [0.5, 0.6) is 0 Å². The molecule has 18 heavy (non-hydrogen) atoms. The maximum absolute atomic E-state index is 9.67. The van der Waals surface area contributed by atoms with E-state index >= 15 is 0 Å². The van der Waals surface area contributed by atoms with E-state index < -0.39 is 42.9 Å². The second-order valence-electron chi connectivity index (χ2n) is 4.52. The van der Waals surface area contributed by atoms with E-state index in [9.17, 15) is 25.5 Å².